The number of piperidine rings is 1. The van der Waals surface area contributed by atoms with Crippen LogP contribution in [0.25, 0.3) is 0 Å². The minimum absolute atomic E-state index is 0.00821. The highest BCUT2D eigenvalue weighted by atomic mass is 32.2. The van der Waals surface area contributed by atoms with Gasteiger partial charge in [-0.2, -0.15) is 0 Å². The van der Waals surface area contributed by atoms with Crippen molar-refractivity contribution in [2.24, 2.45) is 5.92 Å². The van der Waals surface area contributed by atoms with Gasteiger partial charge < -0.3 is 9.64 Å². The van der Waals surface area contributed by atoms with Gasteiger partial charge >= 0.3 is 5.97 Å². The van der Waals surface area contributed by atoms with E-state index in [0.717, 1.165) is 30.3 Å². The maximum Gasteiger partial charge on any atom is 0.338 e. The summed E-state index contributed by atoms with van der Waals surface area (Å²) in [6, 6.07) is 5.61. The predicted octanol–water partition coefficient (Wildman–Crippen LogP) is 2.21. The van der Waals surface area contributed by atoms with Crippen LogP contribution in [0.3, 0.4) is 0 Å². The van der Waals surface area contributed by atoms with E-state index < -0.39 is 16.0 Å². The van der Waals surface area contributed by atoms with Crippen LogP contribution in [0.1, 0.15) is 48.9 Å². The fourth-order valence-corrected chi connectivity index (χ4v) is 5.21. The molecule has 3 rings (SSSR count). The van der Waals surface area contributed by atoms with E-state index in [1.54, 1.807) is 0 Å². The number of amides is 1. The first kappa shape index (κ1) is 21.7. The Bertz CT molecular complexity index is 837. The van der Waals surface area contributed by atoms with E-state index in [-0.39, 0.29) is 29.0 Å². The SMILES string of the molecule is CON(C)S(=O)(=O)c1ccc(C(=O)OCC(=O)N2CCC[C@H]3CCCC[C@@H]32)cc1. The smallest absolute Gasteiger partial charge is 0.338 e. The van der Waals surface area contributed by atoms with Crippen molar-refractivity contribution in [2.75, 3.05) is 27.3 Å². The second kappa shape index (κ2) is 9.23. The molecular weight excluding hydrogens is 396 g/mol. The van der Waals surface area contributed by atoms with Crippen LogP contribution in [-0.2, 0) is 24.4 Å². The second-order valence-corrected chi connectivity index (χ2v) is 9.47. The number of ether oxygens (including phenoxy) is 1. The number of hydrogen-bond donors (Lipinski definition) is 0. The van der Waals surface area contributed by atoms with Gasteiger partial charge in [0.25, 0.3) is 15.9 Å². The monoisotopic (exact) mass is 424 g/mol. The molecule has 1 aliphatic carbocycles. The van der Waals surface area contributed by atoms with Crippen molar-refractivity contribution in [1.82, 2.24) is 9.37 Å². The predicted molar refractivity (Wildman–Crippen MR) is 105 cm³/mol. The number of carbonyl (C=O) groups is 2. The minimum Gasteiger partial charge on any atom is -0.452 e. The molecule has 1 aliphatic heterocycles. The van der Waals surface area contributed by atoms with Gasteiger partial charge in [0.2, 0.25) is 0 Å². The van der Waals surface area contributed by atoms with E-state index in [4.69, 9.17) is 9.57 Å². The van der Waals surface area contributed by atoms with Gasteiger partial charge in [0.1, 0.15) is 0 Å². The van der Waals surface area contributed by atoms with Crippen LogP contribution in [-0.4, -0.2) is 63.0 Å². The highest BCUT2D eigenvalue weighted by molar-refractivity contribution is 7.89. The molecule has 1 amide bonds. The molecule has 1 heterocycles. The molecule has 0 unspecified atom stereocenters. The average molecular weight is 425 g/mol. The zero-order chi connectivity index (χ0) is 21.0. The molecule has 9 heteroatoms. The summed E-state index contributed by atoms with van der Waals surface area (Å²) in [5.41, 5.74) is 0.186. The number of sulfonamides is 1. The molecule has 2 aliphatic rings. The van der Waals surface area contributed by atoms with E-state index >= 15 is 0 Å². The first-order valence-corrected chi connectivity index (χ1v) is 11.4. The average Bonchev–Trinajstić information content (AvgIpc) is 2.76. The van der Waals surface area contributed by atoms with Crippen LogP contribution in [0.15, 0.2) is 29.2 Å². The number of rotatable bonds is 6. The van der Waals surface area contributed by atoms with Crippen LogP contribution in [0.2, 0.25) is 0 Å². The van der Waals surface area contributed by atoms with Gasteiger partial charge in [0, 0.05) is 19.6 Å². The van der Waals surface area contributed by atoms with Gasteiger partial charge in [-0.1, -0.05) is 17.3 Å². The van der Waals surface area contributed by atoms with Gasteiger partial charge in [-0.15, -0.1) is 0 Å². The first-order valence-electron chi connectivity index (χ1n) is 9.94. The van der Waals surface area contributed by atoms with Crippen LogP contribution in [0, 0.1) is 5.92 Å². The van der Waals surface area contributed by atoms with Crippen molar-refractivity contribution in [1.29, 1.82) is 0 Å². The molecule has 2 atom stereocenters. The molecule has 0 spiro atoms. The first-order chi connectivity index (χ1) is 13.8. The molecular formula is C20H28N2O6S. The molecule has 0 radical (unpaired) electrons. The van der Waals surface area contributed by atoms with Gasteiger partial charge in [-0.3, -0.25) is 9.63 Å². The Morgan fingerprint density at radius 1 is 1.10 bits per heavy atom. The summed E-state index contributed by atoms with van der Waals surface area (Å²) in [6.45, 7) is 0.422. The van der Waals surface area contributed by atoms with E-state index in [1.807, 2.05) is 4.90 Å². The Labute approximate surface area is 171 Å². The summed E-state index contributed by atoms with van der Waals surface area (Å²) in [5.74, 6) is -0.243. The maximum atomic E-state index is 12.6. The molecule has 160 valence electrons. The topological polar surface area (TPSA) is 93.2 Å². The quantitative estimate of drug-likeness (QED) is 0.513. The van der Waals surface area contributed by atoms with E-state index in [0.29, 0.717) is 5.92 Å². The highest BCUT2D eigenvalue weighted by Gasteiger charge is 2.35. The molecule has 1 aromatic carbocycles. The van der Waals surface area contributed by atoms with Gasteiger partial charge in [0.15, 0.2) is 6.61 Å². The molecule has 0 aromatic heterocycles. The van der Waals surface area contributed by atoms with Crippen molar-refractivity contribution < 1.29 is 27.6 Å². The zero-order valence-corrected chi connectivity index (χ0v) is 17.7. The van der Waals surface area contributed by atoms with Crippen molar-refractivity contribution in [3.63, 3.8) is 0 Å². The third-order valence-electron chi connectivity index (χ3n) is 5.87. The molecule has 2 fully saturated rings. The lowest BCUT2D eigenvalue weighted by molar-refractivity contribution is -0.140. The van der Waals surface area contributed by atoms with E-state index in [9.17, 15) is 18.0 Å². The minimum atomic E-state index is -3.78. The Morgan fingerprint density at radius 3 is 2.45 bits per heavy atom. The number of carbonyl (C=O) groups excluding carboxylic acids is 2. The van der Waals surface area contributed by atoms with Crippen molar-refractivity contribution in [3.8, 4) is 0 Å². The fourth-order valence-electron chi connectivity index (χ4n) is 4.24. The summed E-state index contributed by atoms with van der Waals surface area (Å²) >= 11 is 0. The molecule has 29 heavy (non-hydrogen) atoms. The fraction of sp³-hybridized carbons (Fsp3) is 0.600. The van der Waals surface area contributed by atoms with Gasteiger partial charge in [-0.25, -0.2) is 13.2 Å². The standard InChI is InChI=1S/C20H28N2O6S/c1-21(27-2)29(25,26)17-11-9-16(10-12-17)20(24)28-14-19(23)22-13-5-7-15-6-3-4-8-18(15)22/h9-12,15,18H,3-8,13-14H2,1-2H3/t15-,18+/m1/s1. The van der Waals surface area contributed by atoms with Crippen LogP contribution in [0.4, 0.5) is 0 Å². The van der Waals surface area contributed by atoms with Gasteiger partial charge in [0.05, 0.1) is 17.6 Å². The van der Waals surface area contributed by atoms with Gasteiger partial charge in [-0.05, 0) is 55.9 Å². The number of benzene rings is 1. The Kier molecular flexibility index (Phi) is 6.92. The zero-order valence-electron chi connectivity index (χ0n) is 16.9. The molecule has 1 saturated carbocycles. The van der Waals surface area contributed by atoms with Crippen molar-refractivity contribution in [3.05, 3.63) is 29.8 Å². The normalized spacial score (nSPS) is 22.2. The summed E-state index contributed by atoms with van der Waals surface area (Å²) < 4.78 is 30.3. The molecule has 1 aromatic rings. The van der Waals surface area contributed by atoms with E-state index in [1.165, 1.54) is 57.7 Å². The largest absolute Gasteiger partial charge is 0.452 e. The third-order valence-corrected chi connectivity index (χ3v) is 7.57. The third kappa shape index (κ3) is 4.79. The van der Waals surface area contributed by atoms with Crippen molar-refractivity contribution in [2.45, 2.75) is 49.5 Å². The lowest BCUT2D eigenvalue weighted by Crippen LogP contribution is -2.50. The molecule has 0 bridgehead atoms. The number of fused-ring (bicyclic) bond motifs is 1. The molecule has 0 N–H and O–H groups in total. The number of nitrogens with zero attached hydrogens (tertiary/aromatic N) is 2. The summed E-state index contributed by atoms with van der Waals surface area (Å²) in [6.07, 6.45) is 6.72. The van der Waals surface area contributed by atoms with Crippen LogP contribution >= 0.6 is 0 Å². The Morgan fingerprint density at radius 2 is 1.76 bits per heavy atom. The summed E-state index contributed by atoms with van der Waals surface area (Å²) in [5, 5.41) is 0. The Hall–Kier alpha value is -1.97. The summed E-state index contributed by atoms with van der Waals surface area (Å²) in [7, 11) is -1.26. The molecule has 8 nitrogen and oxygen atoms in total. The Balaban J connectivity index is 1.58. The summed E-state index contributed by atoms with van der Waals surface area (Å²) in [4.78, 5) is 31.5. The second-order valence-electron chi connectivity index (χ2n) is 7.54. The van der Waals surface area contributed by atoms with E-state index in [2.05, 4.69) is 0 Å². The number of esters is 1. The number of hydroxylamine groups is 1. The van der Waals surface area contributed by atoms with Crippen molar-refractivity contribution >= 4 is 21.9 Å². The highest BCUT2D eigenvalue weighted by Crippen LogP contribution is 2.35. The maximum absolute atomic E-state index is 12.6. The number of likely N-dealkylation sites (tertiary alicyclic amines) is 1. The number of hydrogen-bond acceptors (Lipinski definition) is 6. The molecule has 1 saturated heterocycles. The lowest BCUT2D eigenvalue weighted by Gasteiger charge is -2.44. The lowest BCUT2D eigenvalue weighted by atomic mass is 9.78. The van der Waals surface area contributed by atoms with Crippen LogP contribution < -0.4 is 0 Å². The van der Waals surface area contributed by atoms with Crippen LogP contribution in [0.5, 0.6) is 0 Å².